The third-order valence-electron chi connectivity index (χ3n) is 3.46. The number of anilines is 1. The summed E-state index contributed by atoms with van der Waals surface area (Å²) in [7, 11) is -3.95. The van der Waals surface area contributed by atoms with Crippen molar-refractivity contribution in [3.05, 3.63) is 59.9 Å². The number of nitrogens with one attached hydrogen (secondary N) is 1. The lowest BCUT2D eigenvalue weighted by Gasteiger charge is -2.10. The predicted octanol–water partition coefficient (Wildman–Crippen LogP) is 1.47. The molecular formula is C15H13N5O4S. The summed E-state index contributed by atoms with van der Waals surface area (Å²) in [4.78, 5) is 11.1. The Labute approximate surface area is 143 Å². The second kappa shape index (κ2) is 6.32. The van der Waals surface area contributed by atoms with Gasteiger partial charge in [0.05, 0.1) is 21.8 Å². The summed E-state index contributed by atoms with van der Waals surface area (Å²) in [5.74, 6) is -1.18. The van der Waals surface area contributed by atoms with Crippen LogP contribution >= 0.6 is 0 Å². The Balaban J connectivity index is 1.93. The maximum atomic E-state index is 12.5. The van der Waals surface area contributed by atoms with Crippen LogP contribution in [0.1, 0.15) is 15.9 Å². The summed E-state index contributed by atoms with van der Waals surface area (Å²) in [5.41, 5.74) is 1.28. The van der Waals surface area contributed by atoms with Crippen LogP contribution in [0, 0.1) is 6.92 Å². The molecule has 0 saturated carbocycles. The van der Waals surface area contributed by atoms with Gasteiger partial charge in [-0.25, -0.2) is 17.9 Å². The van der Waals surface area contributed by atoms with Crippen molar-refractivity contribution < 1.29 is 18.3 Å². The molecule has 2 N–H and O–H groups in total. The van der Waals surface area contributed by atoms with E-state index in [9.17, 15) is 13.2 Å². The molecule has 9 nitrogen and oxygen atoms in total. The highest BCUT2D eigenvalue weighted by Crippen LogP contribution is 2.21. The fourth-order valence-corrected chi connectivity index (χ4v) is 3.28. The minimum Gasteiger partial charge on any atom is -0.478 e. The smallest absolute Gasteiger partial charge is 0.335 e. The Hall–Kier alpha value is -3.27. The SMILES string of the molecule is Cc1ccc(S(=O)(=O)Nc2cccc(-n3cnnn3)c2)cc1C(=O)O. The number of carbonyl (C=O) groups is 1. The van der Waals surface area contributed by atoms with E-state index in [1.807, 2.05) is 0 Å². The van der Waals surface area contributed by atoms with Crippen molar-refractivity contribution in [1.29, 1.82) is 0 Å². The van der Waals surface area contributed by atoms with Gasteiger partial charge in [0.1, 0.15) is 6.33 Å². The molecule has 0 aliphatic rings. The van der Waals surface area contributed by atoms with Crippen LogP contribution < -0.4 is 4.72 Å². The quantitative estimate of drug-likeness (QED) is 0.706. The Morgan fingerprint density at radius 2 is 2.00 bits per heavy atom. The van der Waals surface area contributed by atoms with Crippen LogP contribution in [0.5, 0.6) is 0 Å². The molecule has 0 aliphatic heterocycles. The van der Waals surface area contributed by atoms with E-state index in [1.54, 1.807) is 31.2 Å². The molecular weight excluding hydrogens is 346 g/mol. The second-order valence-electron chi connectivity index (χ2n) is 5.19. The van der Waals surface area contributed by atoms with E-state index in [-0.39, 0.29) is 10.5 Å². The summed E-state index contributed by atoms with van der Waals surface area (Å²) in [6, 6.07) is 10.4. The monoisotopic (exact) mass is 359 g/mol. The van der Waals surface area contributed by atoms with Crippen LogP contribution in [0.3, 0.4) is 0 Å². The average molecular weight is 359 g/mol. The topological polar surface area (TPSA) is 127 Å². The lowest BCUT2D eigenvalue weighted by molar-refractivity contribution is 0.0696. The molecule has 10 heteroatoms. The number of nitrogens with zero attached hydrogens (tertiary/aromatic N) is 4. The van der Waals surface area contributed by atoms with Gasteiger partial charge in [0, 0.05) is 0 Å². The number of benzene rings is 2. The molecule has 0 fully saturated rings. The van der Waals surface area contributed by atoms with Crippen LogP contribution in [0.4, 0.5) is 5.69 Å². The minimum atomic E-state index is -3.95. The Kier molecular flexibility index (Phi) is 4.19. The molecule has 3 rings (SSSR count). The number of tetrazole rings is 1. The number of rotatable bonds is 5. The predicted molar refractivity (Wildman–Crippen MR) is 88.1 cm³/mol. The van der Waals surface area contributed by atoms with E-state index >= 15 is 0 Å². The molecule has 0 aliphatic carbocycles. The summed E-state index contributed by atoms with van der Waals surface area (Å²) in [6.07, 6.45) is 1.38. The van der Waals surface area contributed by atoms with E-state index < -0.39 is 16.0 Å². The maximum absolute atomic E-state index is 12.5. The van der Waals surface area contributed by atoms with Gasteiger partial charge in [-0.15, -0.1) is 5.10 Å². The summed E-state index contributed by atoms with van der Waals surface area (Å²) >= 11 is 0. The van der Waals surface area contributed by atoms with Crippen molar-refractivity contribution in [2.75, 3.05) is 4.72 Å². The van der Waals surface area contributed by atoms with Gasteiger partial charge in [-0.05, 0) is 53.2 Å². The molecule has 0 amide bonds. The lowest BCUT2D eigenvalue weighted by atomic mass is 10.1. The fourth-order valence-electron chi connectivity index (χ4n) is 2.20. The van der Waals surface area contributed by atoms with Gasteiger partial charge in [0.15, 0.2) is 0 Å². The minimum absolute atomic E-state index is 0.0645. The molecule has 3 aromatic rings. The highest BCUT2D eigenvalue weighted by molar-refractivity contribution is 7.92. The lowest BCUT2D eigenvalue weighted by Crippen LogP contribution is -2.14. The van der Waals surface area contributed by atoms with E-state index in [0.717, 1.165) is 6.07 Å². The van der Waals surface area contributed by atoms with Crippen molar-refractivity contribution >= 4 is 21.7 Å². The Morgan fingerprint density at radius 3 is 2.68 bits per heavy atom. The van der Waals surface area contributed by atoms with Gasteiger partial charge >= 0.3 is 5.97 Å². The third kappa shape index (κ3) is 3.48. The maximum Gasteiger partial charge on any atom is 0.335 e. The van der Waals surface area contributed by atoms with E-state index in [4.69, 9.17) is 5.11 Å². The molecule has 0 spiro atoms. The first kappa shape index (κ1) is 16.6. The number of aromatic nitrogens is 4. The molecule has 2 aromatic carbocycles. The van der Waals surface area contributed by atoms with E-state index in [1.165, 1.54) is 23.1 Å². The molecule has 0 radical (unpaired) electrons. The van der Waals surface area contributed by atoms with Gasteiger partial charge in [0.25, 0.3) is 10.0 Å². The number of aromatic carboxylic acids is 1. The second-order valence-corrected chi connectivity index (χ2v) is 6.87. The molecule has 1 heterocycles. The van der Waals surface area contributed by atoms with Crippen molar-refractivity contribution in [2.24, 2.45) is 0 Å². The van der Waals surface area contributed by atoms with E-state index in [0.29, 0.717) is 16.9 Å². The highest BCUT2D eigenvalue weighted by atomic mass is 32.2. The third-order valence-corrected chi connectivity index (χ3v) is 4.84. The zero-order valence-electron chi connectivity index (χ0n) is 13.0. The van der Waals surface area contributed by atoms with Gasteiger partial charge in [-0.1, -0.05) is 12.1 Å². The first-order chi connectivity index (χ1) is 11.9. The molecule has 1 aromatic heterocycles. The number of carboxylic acids is 1. The van der Waals surface area contributed by atoms with Crippen molar-refractivity contribution in [3.8, 4) is 5.69 Å². The first-order valence-corrected chi connectivity index (χ1v) is 8.55. The Bertz CT molecular complexity index is 1030. The van der Waals surface area contributed by atoms with Gasteiger partial charge in [-0.3, -0.25) is 4.72 Å². The Morgan fingerprint density at radius 1 is 1.20 bits per heavy atom. The number of aryl methyl sites for hydroxylation is 1. The van der Waals surface area contributed by atoms with Crippen molar-refractivity contribution in [2.45, 2.75) is 11.8 Å². The summed E-state index contributed by atoms with van der Waals surface area (Å²) in [6.45, 7) is 1.60. The largest absolute Gasteiger partial charge is 0.478 e. The number of hydrogen-bond acceptors (Lipinski definition) is 6. The van der Waals surface area contributed by atoms with Gasteiger partial charge in [-0.2, -0.15) is 0 Å². The van der Waals surface area contributed by atoms with Crippen molar-refractivity contribution in [1.82, 2.24) is 20.2 Å². The molecule has 0 saturated heterocycles. The van der Waals surface area contributed by atoms with Crippen LogP contribution in [-0.2, 0) is 10.0 Å². The number of hydrogen-bond donors (Lipinski definition) is 2. The first-order valence-electron chi connectivity index (χ1n) is 7.07. The standard InChI is InChI=1S/C15H13N5O4S/c1-10-5-6-13(8-14(10)15(21)22)25(23,24)17-11-3-2-4-12(7-11)20-9-16-18-19-20/h2-9,17H,1H3,(H,21,22). The normalized spacial score (nSPS) is 11.2. The zero-order chi connectivity index (χ0) is 18.0. The van der Waals surface area contributed by atoms with Crippen LogP contribution in [0.15, 0.2) is 53.7 Å². The molecule has 0 atom stereocenters. The molecule has 0 unspecified atom stereocenters. The average Bonchev–Trinajstić information content (AvgIpc) is 3.09. The number of sulfonamides is 1. The van der Waals surface area contributed by atoms with Gasteiger partial charge < -0.3 is 5.11 Å². The van der Waals surface area contributed by atoms with E-state index in [2.05, 4.69) is 20.2 Å². The summed E-state index contributed by atoms with van der Waals surface area (Å²) in [5, 5.41) is 19.9. The highest BCUT2D eigenvalue weighted by Gasteiger charge is 2.18. The molecule has 128 valence electrons. The van der Waals surface area contributed by atoms with Crippen LogP contribution in [0.25, 0.3) is 5.69 Å². The van der Waals surface area contributed by atoms with Crippen LogP contribution in [-0.4, -0.2) is 39.7 Å². The molecule has 0 bridgehead atoms. The number of carboxylic acid groups (broad SMARTS) is 1. The zero-order valence-corrected chi connectivity index (χ0v) is 13.8. The fraction of sp³-hybridized carbons (Fsp3) is 0.0667. The molecule has 25 heavy (non-hydrogen) atoms. The van der Waals surface area contributed by atoms with Gasteiger partial charge in [0.2, 0.25) is 0 Å². The van der Waals surface area contributed by atoms with Crippen molar-refractivity contribution in [3.63, 3.8) is 0 Å². The van der Waals surface area contributed by atoms with Crippen LogP contribution in [0.2, 0.25) is 0 Å². The summed E-state index contributed by atoms with van der Waals surface area (Å²) < 4.78 is 28.9.